The number of fused-ring (bicyclic) bond motifs is 1. The first-order valence-electron chi connectivity index (χ1n) is 6.96. The van der Waals surface area contributed by atoms with Crippen molar-refractivity contribution in [1.82, 2.24) is 14.9 Å². The van der Waals surface area contributed by atoms with Crippen molar-refractivity contribution < 1.29 is 0 Å². The molecule has 0 spiro atoms. The third-order valence-corrected chi connectivity index (χ3v) is 4.67. The van der Waals surface area contributed by atoms with E-state index in [0.29, 0.717) is 6.04 Å². The standard InChI is InChI=1S/C16H19N3S/c1-3-12(15-9-6-10-20-15)17-11-16-18-13-7-4-5-8-14(13)19(16)2/h4-10,12,17H,3,11H2,1-2H3. The summed E-state index contributed by atoms with van der Waals surface area (Å²) in [6.07, 6.45) is 1.09. The van der Waals surface area contributed by atoms with E-state index in [1.165, 1.54) is 10.4 Å². The second kappa shape index (κ2) is 5.77. The molecule has 1 N–H and O–H groups in total. The third kappa shape index (κ3) is 2.49. The molecule has 0 fully saturated rings. The average Bonchev–Trinajstić information content (AvgIpc) is 3.10. The maximum absolute atomic E-state index is 4.70. The Kier molecular flexibility index (Phi) is 3.85. The van der Waals surface area contributed by atoms with Crippen LogP contribution in [-0.2, 0) is 13.6 Å². The topological polar surface area (TPSA) is 29.9 Å². The van der Waals surface area contributed by atoms with Gasteiger partial charge in [-0.25, -0.2) is 4.98 Å². The average molecular weight is 285 g/mol. The third-order valence-electron chi connectivity index (χ3n) is 3.68. The highest BCUT2D eigenvalue weighted by molar-refractivity contribution is 7.10. The van der Waals surface area contributed by atoms with Crippen molar-refractivity contribution in [3.05, 3.63) is 52.5 Å². The van der Waals surface area contributed by atoms with Crippen LogP contribution in [0.15, 0.2) is 41.8 Å². The fourth-order valence-corrected chi connectivity index (χ4v) is 3.39. The molecule has 0 saturated carbocycles. The molecule has 1 aromatic carbocycles. The Hall–Kier alpha value is -1.65. The van der Waals surface area contributed by atoms with Gasteiger partial charge < -0.3 is 9.88 Å². The van der Waals surface area contributed by atoms with E-state index in [4.69, 9.17) is 4.98 Å². The van der Waals surface area contributed by atoms with Crippen LogP contribution < -0.4 is 5.32 Å². The highest BCUT2D eigenvalue weighted by Crippen LogP contribution is 2.22. The number of nitrogens with one attached hydrogen (secondary N) is 1. The SMILES string of the molecule is CCC(NCc1nc2ccccc2n1C)c1cccs1. The van der Waals surface area contributed by atoms with Gasteiger partial charge >= 0.3 is 0 Å². The molecule has 0 radical (unpaired) electrons. The lowest BCUT2D eigenvalue weighted by molar-refractivity contribution is 0.510. The molecule has 0 aliphatic carbocycles. The maximum atomic E-state index is 4.70. The smallest absolute Gasteiger partial charge is 0.123 e. The summed E-state index contributed by atoms with van der Waals surface area (Å²) in [5.41, 5.74) is 2.25. The van der Waals surface area contributed by atoms with Gasteiger partial charge in [0, 0.05) is 18.0 Å². The predicted molar refractivity (Wildman–Crippen MR) is 84.9 cm³/mol. The van der Waals surface area contributed by atoms with Gasteiger partial charge in [-0.3, -0.25) is 0 Å². The summed E-state index contributed by atoms with van der Waals surface area (Å²) in [5.74, 6) is 1.08. The molecule has 1 unspecified atom stereocenters. The molecule has 2 heterocycles. The lowest BCUT2D eigenvalue weighted by Gasteiger charge is -2.15. The van der Waals surface area contributed by atoms with Crippen molar-refractivity contribution in [3.8, 4) is 0 Å². The predicted octanol–water partition coefficient (Wildman–Crippen LogP) is 3.88. The first kappa shape index (κ1) is 13.3. The molecule has 0 saturated heterocycles. The maximum Gasteiger partial charge on any atom is 0.123 e. The summed E-state index contributed by atoms with van der Waals surface area (Å²) in [6.45, 7) is 3.01. The summed E-state index contributed by atoms with van der Waals surface area (Å²) in [4.78, 5) is 6.10. The number of benzene rings is 1. The first-order chi connectivity index (χ1) is 9.79. The molecular formula is C16H19N3S. The molecule has 0 bridgehead atoms. The summed E-state index contributed by atoms with van der Waals surface area (Å²) in [5, 5.41) is 5.75. The molecule has 1 atom stereocenters. The van der Waals surface area contributed by atoms with Gasteiger partial charge in [0.25, 0.3) is 0 Å². The van der Waals surface area contributed by atoms with Gasteiger partial charge in [-0.15, -0.1) is 11.3 Å². The summed E-state index contributed by atoms with van der Waals surface area (Å²) >= 11 is 1.81. The number of hydrogen-bond donors (Lipinski definition) is 1. The number of aryl methyl sites for hydroxylation is 1. The van der Waals surface area contributed by atoms with Crippen molar-refractivity contribution in [2.75, 3.05) is 0 Å². The zero-order valence-electron chi connectivity index (χ0n) is 11.8. The van der Waals surface area contributed by atoms with E-state index in [0.717, 1.165) is 24.3 Å². The van der Waals surface area contributed by atoms with Gasteiger partial charge in [-0.1, -0.05) is 25.1 Å². The van der Waals surface area contributed by atoms with Crippen LogP contribution in [0.25, 0.3) is 11.0 Å². The fourth-order valence-electron chi connectivity index (χ4n) is 2.50. The fraction of sp³-hybridized carbons (Fsp3) is 0.312. The van der Waals surface area contributed by atoms with Crippen LogP contribution in [0.4, 0.5) is 0 Å². The van der Waals surface area contributed by atoms with E-state index in [1.54, 1.807) is 0 Å². The minimum atomic E-state index is 0.412. The summed E-state index contributed by atoms with van der Waals surface area (Å²) < 4.78 is 2.17. The van der Waals surface area contributed by atoms with Gasteiger partial charge in [-0.2, -0.15) is 0 Å². The highest BCUT2D eigenvalue weighted by atomic mass is 32.1. The Bertz CT molecular complexity index is 685. The summed E-state index contributed by atoms with van der Waals surface area (Å²) in [6, 6.07) is 13.0. The number of hydrogen-bond acceptors (Lipinski definition) is 3. The zero-order chi connectivity index (χ0) is 13.9. The number of nitrogens with zero attached hydrogens (tertiary/aromatic N) is 2. The normalized spacial score (nSPS) is 12.9. The van der Waals surface area contributed by atoms with Gasteiger partial charge in [0.05, 0.1) is 17.6 Å². The molecule has 4 heteroatoms. The molecule has 3 aromatic rings. The van der Waals surface area contributed by atoms with Gasteiger partial charge in [-0.05, 0) is 30.0 Å². The van der Waals surface area contributed by atoms with Gasteiger partial charge in [0.15, 0.2) is 0 Å². The van der Waals surface area contributed by atoms with Crippen LogP contribution in [0.5, 0.6) is 0 Å². The van der Waals surface area contributed by atoms with Crippen LogP contribution in [0, 0.1) is 0 Å². The van der Waals surface area contributed by atoms with Crippen LogP contribution in [0.1, 0.15) is 30.1 Å². The minimum Gasteiger partial charge on any atom is -0.330 e. The van der Waals surface area contributed by atoms with Crippen LogP contribution in [-0.4, -0.2) is 9.55 Å². The van der Waals surface area contributed by atoms with E-state index in [-0.39, 0.29) is 0 Å². The summed E-state index contributed by atoms with van der Waals surface area (Å²) in [7, 11) is 2.08. The monoisotopic (exact) mass is 285 g/mol. The largest absolute Gasteiger partial charge is 0.330 e. The molecule has 104 valence electrons. The Labute approximate surface area is 123 Å². The molecular weight excluding hydrogens is 266 g/mol. The number of aromatic nitrogens is 2. The van der Waals surface area contributed by atoms with Crippen LogP contribution in [0.3, 0.4) is 0 Å². The van der Waals surface area contributed by atoms with E-state index < -0.39 is 0 Å². The van der Waals surface area contributed by atoms with Crippen molar-refractivity contribution in [3.63, 3.8) is 0 Å². The number of imidazole rings is 1. The Morgan fingerprint density at radius 1 is 1.25 bits per heavy atom. The first-order valence-corrected chi connectivity index (χ1v) is 7.84. The Balaban J connectivity index is 1.78. The van der Waals surface area contributed by atoms with Gasteiger partial charge in [0.1, 0.15) is 5.82 Å². The van der Waals surface area contributed by atoms with Crippen molar-refractivity contribution >= 4 is 22.4 Å². The molecule has 0 aliphatic rings. The van der Waals surface area contributed by atoms with E-state index in [9.17, 15) is 0 Å². The highest BCUT2D eigenvalue weighted by Gasteiger charge is 2.12. The molecule has 3 rings (SSSR count). The van der Waals surface area contributed by atoms with E-state index >= 15 is 0 Å². The lowest BCUT2D eigenvalue weighted by Crippen LogP contribution is -2.21. The molecule has 0 amide bonds. The Morgan fingerprint density at radius 3 is 2.80 bits per heavy atom. The van der Waals surface area contributed by atoms with Crippen molar-refractivity contribution in [2.45, 2.75) is 25.9 Å². The van der Waals surface area contributed by atoms with E-state index in [1.807, 2.05) is 17.4 Å². The Morgan fingerprint density at radius 2 is 2.10 bits per heavy atom. The minimum absolute atomic E-state index is 0.412. The molecule has 20 heavy (non-hydrogen) atoms. The molecule has 0 aliphatic heterocycles. The zero-order valence-corrected chi connectivity index (χ0v) is 12.7. The number of rotatable bonds is 5. The van der Waals surface area contributed by atoms with Gasteiger partial charge in [0.2, 0.25) is 0 Å². The molecule has 2 aromatic heterocycles. The number of para-hydroxylation sites is 2. The number of thiophene rings is 1. The second-order valence-corrected chi connectivity index (χ2v) is 5.91. The lowest BCUT2D eigenvalue weighted by atomic mass is 10.2. The van der Waals surface area contributed by atoms with Crippen LogP contribution in [0.2, 0.25) is 0 Å². The van der Waals surface area contributed by atoms with Crippen molar-refractivity contribution in [1.29, 1.82) is 0 Å². The van der Waals surface area contributed by atoms with Crippen LogP contribution >= 0.6 is 11.3 Å². The quantitative estimate of drug-likeness (QED) is 0.771. The second-order valence-electron chi connectivity index (χ2n) is 4.93. The van der Waals surface area contributed by atoms with Crippen molar-refractivity contribution in [2.24, 2.45) is 7.05 Å². The molecule has 3 nitrogen and oxygen atoms in total. The van der Waals surface area contributed by atoms with E-state index in [2.05, 4.69) is 59.6 Å².